The largest absolute Gasteiger partial charge is 0.398 e. The maximum absolute atomic E-state index is 13.2. The number of nitrogens with two attached hydrogens (primary N) is 1. The van der Waals surface area contributed by atoms with Crippen LogP contribution in [-0.4, -0.2) is 14.6 Å². The van der Waals surface area contributed by atoms with E-state index >= 15 is 0 Å². The number of aromatic nitrogens is 3. The summed E-state index contributed by atoms with van der Waals surface area (Å²) in [7, 11) is 0. The van der Waals surface area contributed by atoms with Crippen LogP contribution in [0.15, 0.2) is 46.6 Å². The molecule has 19 heavy (non-hydrogen) atoms. The summed E-state index contributed by atoms with van der Waals surface area (Å²) in [6.45, 7) is 0. The number of nitrogen functional groups attached to an aromatic ring is 1. The van der Waals surface area contributed by atoms with Crippen LogP contribution < -0.4 is 5.73 Å². The number of fused-ring (bicyclic) bond motifs is 1. The van der Waals surface area contributed by atoms with Crippen molar-refractivity contribution in [2.24, 2.45) is 0 Å². The minimum Gasteiger partial charge on any atom is -0.398 e. The van der Waals surface area contributed by atoms with Gasteiger partial charge in [0.2, 0.25) is 5.16 Å². The van der Waals surface area contributed by atoms with E-state index in [-0.39, 0.29) is 5.02 Å². The van der Waals surface area contributed by atoms with E-state index in [1.54, 1.807) is 0 Å². The van der Waals surface area contributed by atoms with Gasteiger partial charge in [-0.25, -0.2) is 4.39 Å². The minimum atomic E-state index is -0.533. The Morgan fingerprint density at radius 1 is 1.26 bits per heavy atom. The number of pyridine rings is 1. The summed E-state index contributed by atoms with van der Waals surface area (Å²) >= 11 is 7.04. The number of hydrogen-bond donors (Lipinski definition) is 1. The van der Waals surface area contributed by atoms with Crippen molar-refractivity contribution in [3.8, 4) is 0 Å². The van der Waals surface area contributed by atoms with Gasteiger partial charge in [-0.3, -0.25) is 4.40 Å². The molecule has 2 aromatic heterocycles. The zero-order valence-corrected chi connectivity index (χ0v) is 11.1. The van der Waals surface area contributed by atoms with Crippen LogP contribution in [0.25, 0.3) is 5.65 Å². The topological polar surface area (TPSA) is 56.2 Å². The monoisotopic (exact) mass is 294 g/mol. The summed E-state index contributed by atoms with van der Waals surface area (Å²) in [5, 5.41) is 8.77. The van der Waals surface area contributed by atoms with Crippen molar-refractivity contribution in [1.82, 2.24) is 14.6 Å². The third kappa shape index (κ3) is 2.24. The minimum absolute atomic E-state index is 0.0329. The molecule has 0 radical (unpaired) electrons. The smallest absolute Gasteiger partial charge is 0.200 e. The maximum Gasteiger partial charge on any atom is 0.200 e. The Kier molecular flexibility index (Phi) is 3.04. The molecular weight excluding hydrogens is 287 g/mol. The van der Waals surface area contributed by atoms with Gasteiger partial charge in [-0.05, 0) is 36.0 Å². The van der Waals surface area contributed by atoms with Crippen molar-refractivity contribution >= 4 is 34.7 Å². The molecule has 3 aromatic rings. The Hall–Kier alpha value is -1.79. The lowest BCUT2D eigenvalue weighted by molar-refractivity contribution is 0.628. The van der Waals surface area contributed by atoms with Gasteiger partial charge in [0.25, 0.3) is 0 Å². The molecule has 7 heteroatoms. The molecule has 96 valence electrons. The van der Waals surface area contributed by atoms with E-state index in [1.165, 1.54) is 23.9 Å². The Morgan fingerprint density at radius 3 is 2.95 bits per heavy atom. The molecule has 0 amide bonds. The fourth-order valence-electron chi connectivity index (χ4n) is 1.62. The van der Waals surface area contributed by atoms with Gasteiger partial charge < -0.3 is 5.73 Å². The number of anilines is 1. The molecule has 2 heterocycles. The Labute approximate surface area is 117 Å². The zero-order chi connectivity index (χ0) is 13.4. The molecule has 0 aliphatic heterocycles. The molecule has 0 spiro atoms. The molecule has 2 N–H and O–H groups in total. The van der Waals surface area contributed by atoms with Crippen molar-refractivity contribution < 1.29 is 4.39 Å². The normalized spacial score (nSPS) is 11.1. The number of nitrogens with zero attached hydrogens (tertiary/aromatic N) is 3. The van der Waals surface area contributed by atoms with Crippen LogP contribution >= 0.6 is 23.4 Å². The van der Waals surface area contributed by atoms with Gasteiger partial charge in [0.1, 0.15) is 5.82 Å². The first-order valence-electron chi connectivity index (χ1n) is 5.37. The molecule has 4 nitrogen and oxygen atoms in total. The van der Waals surface area contributed by atoms with Gasteiger partial charge in [-0.15, -0.1) is 10.2 Å². The predicted molar refractivity (Wildman–Crippen MR) is 72.9 cm³/mol. The third-order valence-corrected chi connectivity index (χ3v) is 3.86. The van der Waals surface area contributed by atoms with Crippen LogP contribution in [0.5, 0.6) is 0 Å². The first kappa shape index (κ1) is 12.3. The summed E-state index contributed by atoms with van der Waals surface area (Å²) in [6.07, 6.45) is 1.85. The highest BCUT2D eigenvalue weighted by Crippen LogP contribution is 2.34. The van der Waals surface area contributed by atoms with Crippen LogP contribution in [0.2, 0.25) is 5.02 Å². The van der Waals surface area contributed by atoms with Crippen molar-refractivity contribution in [1.29, 1.82) is 0 Å². The lowest BCUT2D eigenvalue weighted by Gasteiger charge is -2.05. The molecule has 0 aliphatic carbocycles. The quantitative estimate of drug-likeness (QED) is 0.737. The number of halogens is 2. The Morgan fingerprint density at radius 2 is 2.11 bits per heavy atom. The first-order chi connectivity index (χ1) is 9.15. The summed E-state index contributed by atoms with van der Waals surface area (Å²) in [5.74, 6) is -0.533. The second kappa shape index (κ2) is 4.71. The second-order valence-corrected chi connectivity index (χ2v) is 5.23. The van der Waals surface area contributed by atoms with Crippen LogP contribution in [0, 0.1) is 5.82 Å². The highest BCUT2D eigenvalue weighted by atomic mass is 35.5. The molecule has 1 aromatic carbocycles. The molecule has 0 unspecified atom stereocenters. The molecule has 0 saturated heterocycles. The highest BCUT2D eigenvalue weighted by Gasteiger charge is 2.11. The van der Waals surface area contributed by atoms with E-state index in [4.69, 9.17) is 17.3 Å². The summed E-state index contributed by atoms with van der Waals surface area (Å²) in [6, 6.07) is 8.29. The van der Waals surface area contributed by atoms with Gasteiger partial charge in [-0.2, -0.15) is 0 Å². The zero-order valence-electron chi connectivity index (χ0n) is 9.55. The molecule has 0 saturated carbocycles. The number of hydrogen-bond acceptors (Lipinski definition) is 4. The number of benzene rings is 1. The first-order valence-corrected chi connectivity index (χ1v) is 6.57. The second-order valence-electron chi connectivity index (χ2n) is 3.82. The molecule has 0 bridgehead atoms. The third-order valence-electron chi connectivity index (χ3n) is 2.54. The van der Waals surface area contributed by atoms with Crippen LogP contribution in [0.3, 0.4) is 0 Å². The van der Waals surface area contributed by atoms with Crippen molar-refractivity contribution in [3.63, 3.8) is 0 Å². The van der Waals surface area contributed by atoms with Gasteiger partial charge in [-0.1, -0.05) is 17.7 Å². The van der Waals surface area contributed by atoms with E-state index in [2.05, 4.69) is 10.2 Å². The van der Waals surface area contributed by atoms with Crippen molar-refractivity contribution in [2.45, 2.75) is 10.1 Å². The SMILES string of the molecule is Nc1cc(F)c(Cl)cc1Sc1nnc2ccccn12. The molecule has 3 rings (SSSR count). The average molecular weight is 295 g/mol. The highest BCUT2D eigenvalue weighted by molar-refractivity contribution is 7.99. The van der Waals surface area contributed by atoms with Crippen LogP contribution in [0.1, 0.15) is 0 Å². The van der Waals surface area contributed by atoms with Gasteiger partial charge in [0.05, 0.1) is 5.02 Å². The van der Waals surface area contributed by atoms with E-state index < -0.39 is 5.82 Å². The maximum atomic E-state index is 13.2. The van der Waals surface area contributed by atoms with Crippen molar-refractivity contribution in [2.75, 3.05) is 5.73 Å². The summed E-state index contributed by atoms with van der Waals surface area (Å²) in [4.78, 5) is 0.643. The van der Waals surface area contributed by atoms with Gasteiger partial charge in [0, 0.05) is 16.8 Å². The summed E-state index contributed by atoms with van der Waals surface area (Å²) in [5.41, 5.74) is 6.83. The van der Waals surface area contributed by atoms with E-state index in [0.717, 1.165) is 5.65 Å². The predicted octanol–water partition coefficient (Wildman–Crippen LogP) is 3.26. The van der Waals surface area contributed by atoms with E-state index in [9.17, 15) is 4.39 Å². The van der Waals surface area contributed by atoms with Gasteiger partial charge >= 0.3 is 0 Å². The molecular formula is C12H8ClFN4S. The summed E-state index contributed by atoms with van der Waals surface area (Å²) < 4.78 is 15.1. The van der Waals surface area contributed by atoms with Gasteiger partial charge in [0.15, 0.2) is 5.65 Å². The molecule has 0 fully saturated rings. The standard InChI is InChI=1S/C12H8ClFN4S/c13-7-5-10(9(15)6-8(7)14)19-12-17-16-11-3-1-2-4-18(11)12/h1-6H,15H2. The average Bonchev–Trinajstić information content (AvgIpc) is 2.80. The fourth-order valence-corrected chi connectivity index (χ4v) is 2.73. The Bertz CT molecular complexity index is 759. The van der Waals surface area contributed by atoms with E-state index in [0.29, 0.717) is 15.7 Å². The molecule has 0 aliphatic rings. The van der Waals surface area contributed by atoms with Crippen LogP contribution in [0.4, 0.5) is 10.1 Å². The Balaban J connectivity index is 2.04. The number of rotatable bonds is 2. The lowest BCUT2D eigenvalue weighted by Crippen LogP contribution is -1.92. The van der Waals surface area contributed by atoms with Crippen molar-refractivity contribution in [3.05, 3.63) is 47.4 Å². The fraction of sp³-hybridized carbons (Fsp3) is 0. The lowest BCUT2D eigenvalue weighted by atomic mass is 10.3. The van der Waals surface area contributed by atoms with Crippen LogP contribution in [-0.2, 0) is 0 Å². The van der Waals surface area contributed by atoms with E-state index in [1.807, 2.05) is 28.8 Å². The molecule has 0 atom stereocenters.